The number of carboxylic acid groups (broad SMARTS) is 1. The van der Waals surface area contributed by atoms with Gasteiger partial charge in [0, 0.05) is 12.6 Å². The number of rotatable bonds is 5. The largest absolute Gasteiger partial charge is 0.481 e. The van der Waals surface area contributed by atoms with Crippen molar-refractivity contribution in [3.63, 3.8) is 0 Å². The molecule has 1 saturated heterocycles. The minimum absolute atomic E-state index is 0.561. The van der Waals surface area contributed by atoms with E-state index >= 15 is 0 Å². The van der Waals surface area contributed by atoms with Crippen LogP contribution in [-0.4, -0.2) is 35.1 Å². The predicted molar refractivity (Wildman–Crippen MR) is 77.2 cm³/mol. The first-order valence-electron chi connectivity index (χ1n) is 8.04. The molecule has 1 aliphatic heterocycles. The van der Waals surface area contributed by atoms with Crippen molar-refractivity contribution in [3.05, 3.63) is 0 Å². The topological polar surface area (TPSA) is 40.5 Å². The van der Waals surface area contributed by atoms with E-state index in [1.54, 1.807) is 0 Å². The van der Waals surface area contributed by atoms with Gasteiger partial charge in [-0.3, -0.25) is 9.69 Å². The van der Waals surface area contributed by atoms with Gasteiger partial charge in [-0.25, -0.2) is 0 Å². The Kier molecular flexibility index (Phi) is 4.88. The molecule has 0 spiro atoms. The van der Waals surface area contributed by atoms with E-state index in [0.717, 1.165) is 31.8 Å². The highest BCUT2D eigenvalue weighted by Gasteiger charge is 2.40. The number of carboxylic acids is 1. The standard InChI is InChI=1S/C16H29NO2/c1-3-10-16(2,15(18)19)12-17-11-6-8-13-7-4-5-9-14(13)17/h13-14H,3-12H2,1-2H3,(H,18,19)/t13-,14-,16?/m1/s1. The molecule has 3 heteroatoms. The van der Waals surface area contributed by atoms with Crippen molar-refractivity contribution in [2.45, 2.75) is 71.3 Å². The quantitative estimate of drug-likeness (QED) is 0.828. The maximum Gasteiger partial charge on any atom is 0.310 e. The van der Waals surface area contributed by atoms with Gasteiger partial charge in [0.2, 0.25) is 0 Å². The van der Waals surface area contributed by atoms with Crippen molar-refractivity contribution >= 4 is 5.97 Å². The summed E-state index contributed by atoms with van der Waals surface area (Å²) in [7, 11) is 0. The fourth-order valence-electron chi connectivity index (χ4n) is 4.18. The van der Waals surface area contributed by atoms with E-state index in [4.69, 9.17) is 0 Å². The third-order valence-electron chi connectivity index (χ3n) is 5.23. The highest BCUT2D eigenvalue weighted by molar-refractivity contribution is 5.74. The number of nitrogens with zero attached hydrogens (tertiary/aromatic N) is 1. The summed E-state index contributed by atoms with van der Waals surface area (Å²) in [4.78, 5) is 14.1. The van der Waals surface area contributed by atoms with E-state index in [0.29, 0.717) is 6.04 Å². The van der Waals surface area contributed by atoms with Gasteiger partial charge in [0.05, 0.1) is 5.41 Å². The molecular weight excluding hydrogens is 238 g/mol. The van der Waals surface area contributed by atoms with E-state index in [1.165, 1.54) is 38.5 Å². The molecule has 2 aliphatic rings. The second-order valence-corrected chi connectivity index (χ2v) is 6.84. The molecule has 3 atom stereocenters. The Balaban J connectivity index is 2.04. The Labute approximate surface area is 117 Å². The zero-order chi connectivity index (χ0) is 13.9. The van der Waals surface area contributed by atoms with Crippen LogP contribution in [0.3, 0.4) is 0 Å². The molecule has 110 valence electrons. The molecule has 1 saturated carbocycles. The summed E-state index contributed by atoms with van der Waals surface area (Å²) in [5.74, 6) is 0.217. The summed E-state index contributed by atoms with van der Waals surface area (Å²) < 4.78 is 0. The van der Waals surface area contributed by atoms with Gasteiger partial charge >= 0.3 is 5.97 Å². The van der Waals surface area contributed by atoms with Crippen molar-refractivity contribution in [2.75, 3.05) is 13.1 Å². The first-order chi connectivity index (χ1) is 9.07. The lowest BCUT2D eigenvalue weighted by Crippen LogP contribution is -2.52. The Morgan fingerprint density at radius 3 is 2.63 bits per heavy atom. The zero-order valence-corrected chi connectivity index (χ0v) is 12.5. The van der Waals surface area contributed by atoms with Crippen LogP contribution in [0.4, 0.5) is 0 Å². The van der Waals surface area contributed by atoms with Crippen LogP contribution in [0.25, 0.3) is 0 Å². The van der Waals surface area contributed by atoms with Crippen LogP contribution in [-0.2, 0) is 4.79 Å². The van der Waals surface area contributed by atoms with Crippen LogP contribution in [0.5, 0.6) is 0 Å². The van der Waals surface area contributed by atoms with E-state index in [2.05, 4.69) is 11.8 Å². The molecule has 0 aromatic heterocycles. The SMILES string of the molecule is CCCC(C)(CN1CCC[C@H]2CCCC[C@H]21)C(=O)O. The van der Waals surface area contributed by atoms with Gasteiger partial charge in [-0.1, -0.05) is 26.2 Å². The average Bonchev–Trinajstić information content (AvgIpc) is 2.39. The summed E-state index contributed by atoms with van der Waals surface area (Å²) in [5, 5.41) is 9.56. The molecule has 0 bridgehead atoms. The number of carbonyl (C=O) groups is 1. The molecular formula is C16H29NO2. The van der Waals surface area contributed by atoms with E-state index < -0.39 is 11.4 Å². The second kappa shape index (κ2) is 6.25. The van der Waals surface area contributed by atoms with Crippen LogP contribution in [0, 0.1) is 11.3 Å². The molecule has 1 heterocycles. The van der Waals surface area contributed by atoms with Crippen molar-refractivity contribution in [2.24, 2.45) is 11.3 Å². The minimum atomic E-state index is -0.618. The fraction of sp³-hybridized carbons (Fsp3) is 0.938. The van der Waals surface area contributed by atoms with Gasteiger partial charge in [-0.2, -0.15) is 0 Å². The number of aliphatic carboxylic acids is 1. The van der Waals surface area contributed by atoms with Gasteiger partial charge < -0.3 is 5.11 Å². The Morgan fingerprint density at radius 2 is 1.95 bits per heavy atom. The van der Waals surface area contributed by atoms with Crippen LogP contribution in [0.2, 0.25) is 0 Å². The second-order valence-electron chi connectivity index (χ2n) is 6.84. The van der Waals surface area contributed by atoms with Crippen molar-refractivity contribution < 1.29 is 9.90 Å². The highest BCUT2D eigenvalue weighted by atomic mass is 16.4. The first kappa shape index (κ1) is 14.8. The summed E-state index contributed by atoms with van der Waals surface area (Å²) in [6, 6.07) is 0.665. The third-order valence-corrected chi connectivity index (χ3v) is 5.23. The van der Waals surface area contributed by atoms with Crippen LogP contribution >= 0.6 is 0 Å². The molecule has 0 amide bonds. The Morgan fingerprint density at radius 1 is 1.26 bits per heavy atom. The van der Waals surface area contributed by atoms with Crippen LogP contribution in [0.15, 0.2) is 0 Å². The number of piperidine rings is 1. The van der Waals surface area contributed by atoms with E-state index in [-0.39, 0.29) is 0 Å². The van der Waals surface area contributed by atoms with Crippen LogP contribution in [0.1, 0.15) is 65.2 Å². The van der Waals surface area contributed by atoms with E-state index in [1.807, 2.05) is 6.92 Å². The monoisotopic (exact) mass is 267 g/mol. The molecule has 3 nitrogen and oxygen atoms in total. The van der Waals surface area contributed by atoms with Crippen molar-refractivity contribution in [1.82, 2.24) is 4.90 Å². The van der Waals surface area contributed by atoms with Gasteiger partial charge in [0.25, 0.3) is 0 Å². The Hall–Kier alpha value is -0.570. The molecule has 2 fully saturated rings. The van der Waals surface area contributed by atoms with Crippen molar-refractivity contribution in [3.8, 4) is 0 Å². The average molecular weight is 267 g/mol. The summed E-state index contributed by atoms with van der Waals surface area (Å²) in [6.45, 7) is 5.87. The number of hydrogen-bond acceptors (Lipinski definition) is 2. The van der Waals surface area contributed by atoms with E-state index in [9.17, 15) is 9.90 Å². The van der Waals surface area contributed by atoms with Gasteiger partial charge in [0.15, 0.2) is 0 Å². The van der Waals surface area contributed by atoms with Gasteiger partial charge in [-0.15, -0.1) is 0 Å². The smallest absolute Gasteiger partial charge is 0.310 e. The number of fused-ring (bicyclic) bond motifs is 1. The van der Waals surface area contributed by atoms with Gasteiger partial charge in [-0.05, 0) is 51.5 Å². The lowest BCUT2D eigenvalue weighted by atomic mass is 9.76. The zero-order valence-electron chi connectivity index (χ0n) is 12.5. The van der Waals surface area contributed by atoms with Gasteiger partial charge in [0.1, 0.15) is 0 Å². The minimum Gasteiger partial charge on any atom is -0.481 e. The molecule has 1 unspecified atom stereocenters. The maximum atomic E-state index is 11.6. The number of hydrogen-bond donors (Lipinski definition) is 1. The molecule has 1 N–H and O–H groups in total. The Bertz CT molecular complexity index is 316. The molecule has 0 aromatic carbocycles. The molecule has 1 aliphatic carbocycles. The summed E-state index contributed by atoms with van der Waals surface area (Å²) in [6.07, 6.45) is 9.70. The molecule has 0 radical (unpaired) electrons. The predicted octanol–water partition coefficient (Wildman–Crippen LogP) is 3.53. The summed E-state index contributed by atoms with van der Waals surface area (Å²) in [5.41, 5.74) is -0.561. The molecule has 19 heavy (non-hydrogen) atoms. The maximum absolute atomic E-state index is 11.6. The number of likely N-dealkylation sites (tertiary alicyclic amines) is 1. The molecule has 0 aromatic rings. The lowest BCUT2D eigenvalue weighted by Gasteiger charge is -2.46. The summed E-state index contributed by atoms with van der Waals surface area (Å²) >= 11 is 0. The normalized spacial score (nSPS) is 31.5. The van der Waals surface area contributed by atoms with Crippen LogP contribution < -0.4 is 0 Å². The third kappa shape index (κ3) is 3.31. The fourth-order valence-corrected chi connectivity index (χ4v) is 4.18. The lowest BCUT2D eigenvalue weighted by molar-refractivity contribution is -0.150. The molecule has 2 rings (SSSR count). The first-order valence-corrected chi connectivity index (χ1v) is 8.04. The highest BCUT2D eigenvalue weighted by Crippen LogP contribution is 2.37. The van der Waals surface area contributed by atoms with Crippen molar-refractivity contribution in [1.29, 1.82) is 0 Å².